The fraction of sp³-hybridized carbons (Fsp3) is 0.565. The number of aromatic nitrogens is 2. The van der Waals surface area contributed by atoms with Crippen LogP contribution in [-0.2, 0) is 17.6 Å². The van der Waals surface area contributed by atoms with E-state index in [0.29, 0.717) is 23.7 Å². The van der Waals surface area contributed by atoms with Crippen molar-refractivity contribution in [3.63, 3.8) is 0 Å². The molecule has 2 aromatic rings. The fourth-order valence-electron chi connectivity index (χ4n) is 4.31. The smallest absolute Gasteiger partial charge is 0.123 e. The van der Waals surface area contributed by atoms with Crippen LogP contribution in [0.1, 0.15) is 61.0 Å². The Bertz CT molecular complexity index is 737. The van der Waals surface area contributed by atoms with E-state index in [0.717, 1.165) is 50.1 Å². The molecule has 4 N–H and O–H groups in total. The molecule has 0 bridgehead atoms. The minimum absolute atomic E-state index is 0.363. The van der Waals surface area contributed by atoms with Crippen LogP contribution >= 0.6 is 0 Å². The van der Waals surface area contributed by atoms with Crippen LogP contribution in [0.25, 0.3) is 0 Å². The third-order valence-corrected chi connectivity index (χ3v) is 5.55. The Hall–Kier alpha value is -2.14. The third kappa shape index (κ3) is 6.20. The minimum Gasteiger partial charge on any atom is -0.384 e. The van der Waals surface area contributed by atoms with Gasteiger partial charge in [0.1, 0.15) is 11.6 Å². The second-order valence-corrected chi connectivity index (χ2v) is 8.24. The van der Waals surface area contributed by atoms with Gasteiger partial charge in [-0.15, -0.1) is 0 Å². The Balaban J connectivity index is 1.37. The zero-order valence-electron chi connectivity index (χ0n) is 17.3. The number of nitrogens with two attached hydrogens (primary N) is 2. The molecule has 0 amide bonds. The molecule has 1 aliphatic carbocycles. The highest BCUT2D eigenvalue weighted by Gasteiger charge is 2.28. The molecule has 0 aliphatic heterocycles. The van der Waals surface area contributed by atoms with Crippen molar-refractivity contribution in [2.75, 3.05) is 18.1 Å². The molecule has 28 heavy (non-hydrogen) atoms. The van der Waals surface area contributed by atoms with E-state index < -0.39 is 0 Å². The normalized spacial score (nSPS) is 19.2. The number of hydrogen-bond acceptors (Lipinski definition) is 5. The molecular weight excluding hydrogens is 348 g/mol. The van der Waals surface area contributed by atoms with Crippen molar-refractivity contribution < 1.29 is 4.74 Å². The summed E-state index contributed by atoms with van der Waals surface area (Å²) in [5, 5.41) is 0. The zero-order chi connectivity index (χ0) is 19.9. The summed E-state index contributed by atoms with van der Waals surface area (Å²) in [5.74, 6) is 1.80. The first-order chi connectivity index (χ1) is 13.5. The van der Waals surface area contributed by atoms with Gasteiger partial charge in [-0.2, -0.15) is 0 Å². The largest absolute Gasteiger partial charge is 0.384 e. The lowest BCUT2D eigenvalue weighted by atomic mass is 9.98. The minimum atomic E-state index is 0.363. The van der Waals surface area contributed by atoms with Gasteiger partial charge in [0.2, 0.25) is 0 Å². The van der Waals surface area contributed by atoms with E-state index in [2.05, 4.69) is 35.9 Å². The first-order valence-corrected chi connectivity index (χ1v) is 10.6. The maximum Gasteiger partial charge on any atom is 0.123 e. The first-order valence-electron chi connectivity index (χ1n) is 10.6. The van der Waals surface area contributed by atoms with E-state index in [9.17, 15) is 0 Å². The standard InChI is InChI=1S/C23H34N4O/c1-16-11-19(26-22(24)13-16)8-4-3-5-10-28-21-9-6-7-18(21)15-20-12-17(2)14-23(25)27-20/h11-14,18,21H,3-10,15H2,1-2H3,(H2,24,26)(H2,25,27)/t18-,21-/m0/s1. The number of ether oxygens (including phenoxy) is 1. The molecule has 0 radical (unpaired) electrons. The third-order valence-electron chi connectivity index (χ3n) is 5.55. The van der Waals surface area contributed by atoms with Crippen molar-refractivity contribution in [3.05, 3.63) is 46.8 Å². The van der Waals surface area contributed by atoms with Crippen LogP contribution in [-0.4, -0.2) is 22.7 Å². The highest BCUT2D eigenvalue weighted by atomic mass is 16.5. The van der Waals surface area contributed by atoms with Gasteiger partial charge in [-0.25, -0.2) is 9.97 Å². The Kier molecular flexibility index (Phi) is 7.26. The van der Waals surface area contributed by atoms with E-state index in [1.165, 1.54) is 30.4 Å². The van der Waals surface area contributed by atoms with Gasteiger partial charge in [-0.1, -0.05) is 12.8 Å². The maximum atomic E-state index is 6.24. The Morgan fingerprint density at radius 1 is 0.893 bits per heavy atom. The summed E-state index contributed by atoms with van der Waals surface area (Å²) in [6.07, 6.45) is 9.33. The van der Waals surface area contributed by atoms with Crippen LogP contribution in [0.3, 0.4) is 0 Å². The lowest BCUT2D eigenvalue weighted by molar-refractivity contribution is 0.0254. The van der Waals surface area contributed by atoms with Gasteiger partial charge >= 0.3 is 0 Å². The summed E-state index contributed by atoms with van der Waals surface area (Å²) in [6.45, 7) is 4.98. The SMILES string of the molecule is Cc1cc(N)nc(CCCCCO[C@H]2CCC[C@H]2Cc2cc(C)cc(N)n2)c1. The van der Waals surface area contributed by atoms with Crippen molar-refractivity contribution >= 4 is 11.6 Å². The second-order valence-electron chi connectivity index (χ2n) is 8.24. The lowest BCUT2D eigenvalue weighted by Crippen LogP contribution is -2.21. The molecule has 3 rings (SSSR count). The molecule has 152 valence electrons. The van der Waals surface area contributed by atoms with E-state index in [-0.39, 0.29) is 0 Å². The molecule has 0 saturated heterocycles. The van der Waals surface area contributed by atoms with Crippen molar-refractivity contribution in [1.29, 1.82) is 0 Å². The second kappa shape index (κ2) is 9.87. The number of pyridine rings is 2. The number of aryl methyl sites for hydroxylation is 3. The summed E-state index contributed by atoms with van der Waals surface area (Å²) in [7, 11) is 0. The molecular formula is C23H34N4O. The first kappa shape index (κ1) is 20.6. The number of anilines is 2. The van der Waals surface area contributed by atoms with Crippen LogP contribution in [0.2, 0.25) is 0 Å². The molecule has 1 aliphatic rings. The topological polar surface area (TPSA) is 87.0 Å². The average Bonchev–Trinajstić information content (AvgIpc) is 3.03. The van der Waals surface area contributed by atoms with Gasteiger partial charge in [0.15, 0.2) is 0 Å². The van der Waals surface area contributed by atoms with Crippen LogP contribution in [0.5, 0.6) is 0 Å². The molecule has 5 heteroatoms. The monoisotopic (exact) mass is 382 g/mol. The van der Waals surface area contributed by atoms with Crippen molar-refractivity contribution in [1.82, 2.24) is 9.97 Å². The van der Waals surface area contributed by atoms with E-state index in [4.69, 9.17) is 16.2 Å². The van der Waals surface area contributed by atoms with Crippen LogP contribution in [0, 0.1) is 19.8 Å². The van der Waals surface area contributed by atoms with Crippen LogP contribution in [0.15, 0.2) is 24.3 Å². The summed E-state index contributed by atoms with van der Waals surface area (Å²) in [5.41, 5.74) is 16.3. The molecule has 0 spiro atoms. The number of hydrogen-bond donors (Lipinski definition) is 2. The van der Waals surface area contributed by atoms with Crippen molar-refractivity contribution in [2.45, 2.75) is 71.3 Å². The summed E-state index contributed by atoms with van der Waals surface area (Å²) >= 11 is 0. The van der Waals surface area contributed by atoms with Gasteiger partial charge in [-0.05, 0) is 93.7 Å². The Morgan fingerprint density at radius 2 is 1.57 bits per heavy atom. The predicted molar refractivity (Wildman–Crippen MR) is 115 cm³/mol. The van der Waals surface area contributed by atoms with Gasteiger partial charge in [-0.3, -0.25) is 0 Å². The highest BCUT2D eigenvalue weighted by Crippen LogP contribution is 2.31. The van der Waals surface area contributed by atoms with Gasteiger partial charge in [0.25, 0.3) is 0 Å². The number of nitrogens with zero attached hydrogens (tertiary/aromatic N) is 2. The fourth-order valence-corrected chi connectivity index (χ4v) is 4.31. The molecule has 1 saturated carbocycles. The summed E-state index contributed by atoms with van der Waals surface area (Å²) < 4.78 is 6.24. The molecule has 2 aromatic heterocycles. The summed E-state index contributed by atoms with van der Waals surface area (Å²) in [6, 6.07) is 8.11. The summed E-state index contributed by atoms with van der Waals surface area (Å²) in [4.78, 5) is 8.91. The zero-order valence-corrected chi connectivity index (χ0v) is 17.3. The Morgan fingerprint density at radius 3 is 2.29 bits per heavy atom. The van der Waals surface area contributed by atoms with Crippen LogP contribution < -0.4 is 11.5 Å². The molecule has 0 aromatic carbocycles. The predicted octanol–water partition coefficient (Wildman–Crippen LogP) is 4.40. The van der Waals surface area contributed by atoms with Crippen LogP contribution in [0.4, 0.5) is 11.6 Å². The quantitative estimate of drug-likeness (QED) is 0.628. The number of nitrogen functional groups attached to an aromatic ring is 2. The molecule has 1 fully saturated rings. The van der Waals surface area contributed by atoms with E-state index in [1.54, 1.807) is 0 Å². The maximum absolute atomic E-state index is 6.24. The van der Waals surface area contributed by atoms with E-state index in [1.807, 2.05) is 12.1 Å². The molecule has 5 nitrogen and oxygen atoms in total. The molecule has 2 heterocycles. The average molecular weight is 383 g/mol. The molecule has 2 atom stereocenters. The molecule has 0 unspecified atom stereocenters. The van der Waals surface area contributed by atoms with Gasteiger partial charge < -0.3 is 16.2 Å². The van der Waals surface area contributed by atoms with E-state index >= 15 is 0 Å². The van der Waals surface area contributed by atoms with Gasteiger partial charge in [0.05, 0.1) is 6.10 Å². The lowest BCUT2D eigenvalue weighted by Gasteiger charge is -2.20. The Labute approximate surface area is 168 Å². The highest BCUT2D eigenvalue weighted by molar-refractivity contribution is 5.35. The van der Waals surface area contributed by atoms with Crippen molar-refractivity contribution in [2.24, 2.45) is 5.92 Å². The van der Waals surface area contributed by atoms with Gasteiger partial charge in [0, 0.05) is 18.0 Å². The number of rotatable bonds is 9. The van der Waals surface area contributed by atoms with Crippen molar-refractivity contribution in [3.8, 4) is 0 Å². The number of unbranched alkanes of at least 4 members (excludes halogenated alkanes) is 2.